The van der Waals surface area contributed by atoms with Crippen LogP contribution in [0.25, 0.3) is 10.9 Å². The molecule has 2 heterocycles. The highest BCUT2D eigenvalue weighted by Crippen LogP contribution is 2.35. The van der Waals surface area contributed by atoms with Gasteiger partial charge < -0.3 is 15.3 Å². The van der Waals surface area contributed by atoms with Crippen LogP contribution in [0.15, 0.2) is 18.2 Å². The number of para-hydroxylation sites is 1. The van der Waals surface area contributed by atoms with Crippen molar-refractivity contribution in [2.45, 2.75) is 25.2 Å². The van der Waals surface area contributed by atoms with Gasteiger partial charge >= 0.3 is 0 Å². The lowest BCUT2D eigenvalue weighted by Crippen LogP contribution is -2.50. The average Bonchev–Trinajstić information content (AvgIpc) is 3.11. The maximum Gasteiger partial charge on any atom is 0.263 e. The van der Waals surface area contributed by atoms with Gasteiger partial charge in [0.05, 0.1) is 24.3 Å². The summed E-state index contributed by atoms with van der Waals surface area (Å²) in [6, 6.07) is 5.30. The SMILES string of the molecule is CN(CCC(=O)NC=O)c1nn(C)c2c(NC(=O)CN3CCC(CCO)C(F)(F)C3)cccc12. The van der Waals surface area contributed by atoms with E-state index < -0.39 is 30.2 Å². The van der Waals surface area contributed by atoms with E-state index in [4.69, 9.17) is 5.11 Å². The topological polar surface area (TPSA) is 120 Å². The minimum Gasteiger partial charge on any atom is -0.396 e. The number of rotatable bonds is 10. The first-order valence-electron chi connectivity index (χ1n) is 11.1. The molecule has 0 bridgehead atoms. The molecule has 3 amide bonds. The third-order valence-corrected chi connectivity index (χ3v) is 6.05. The van der Waals surface area contributed by atoms with Gasteiger partial charge in [0.2, 0.25) is 18.2 Å². The van der Waals surface area contributed by atoms with E-state index in [0.717, 1.165) is 5.39 Å². The van der Waals surface area contributed by atoms with E-state index in [1.54, 1.807) is 35.8 Å². The van der Waals surface area contributed by atoms with Crippen molar-refractivity contribution < 1.29 is 28.3 Å². The molecule has 0 aliphatic carbocycles. The van der Waals surface area contributed by atoms with E-state index in [1.807, 2.05) is 6.07 Å². The van der Waals surface area contributed by atoms with Gasteiger partial charge in [0.1, 0.15) is 0 Å². The summed E-state index contributed by atoms with van der Waals surface area (Å²) < 4.78 is 30.3. The number of hydrogen-bond donors (Lipinski definition) is 3. The Labute approximate surface area is 195 Å². The number of aromatic nitrogens is 2. The second kappa shape index (κ2) is 10.9. The van der Waals surface area contributed by atoms with Crippen molar-refractivity contribution in [2.24, 2.45) is 13.0 Å². The fourth-order valence-corrected chi connectivity index (χ4v) is 4.31. The molecule has 12 heteroatoms. The first kappa shape index (κ1) is 25.5. The summed E-state index contributed by atoms with van der Waals surface area (Å²) in [5, 5.41) is 19.1. The molecule has 1 aliphatic rings. The molecule has 3 N–H and O–H groups in total. The summed E-state index contributed by atoms with van der Waals surface area (Å²) in [5.41, 5.74) is 1.15. The maximum atomic E-state index is 14.3. The van der Waals surface area contributed by atoms with Gasteiger partial charge in [-0.1, -0.05) is 6.07 Å². The van der Waals surface area contributed by atoms with E-state index in [-0.39, 0.29) is 32.4 Å². The van der Waals surface area contributed by atoms with Crippen LogP contribution in [-0.4, -0.2) is 83.8 Å². The van der Waals surface area contributed by atoms with Crippen molar-refractivity contribution in [3.8, 4) is 0 Å². The van der Waals surface area contributed by atoms with E-state index in [0.29, 0.717) is 36.5 Å². The number of aryl methyl sites for hydroxylation is 1. The van der Waals surface area contributed by atoms with Gasteiger partial charge in [0.25, 0.3) is 5.92 Å². The fraction of sp³-hybridized carbons (Fsp3) is 0.545. The molecule has 186 valence electrons. The number of nitrogens with one attached hydrogen (secondary N) is 2. The molecular weight excluding hydrogens is 450 g/mol. The Balaban J connectivity index is 1.69. The molecule has 0 spiro atoms. The Hall–Kier alpha value is -3.12. The van der Waals surface area contributed by atoms with Crippen LogP contribution >= 0.6 is 0 Å². The summed E-state index contributed by atoms with van der Waals surface area (Å²) in [5.74, 6) is -4.05. The number of aliphatic hydroxyl groups excluding tert-OH is 1. The van der Waals surface area contributed by atoms with Gasteiger partial charge in [-0.15, -0.1) is 0 Å². The smallest absolute Gasteiger partial charge is 0.263 e. The highest BCUT2D eigenvalue weighted by atomic mass is 19.3. The molecule has 2 aromatic rings. The van der Waals surface area contributed by atoms with Gasteiger partial charge in [-0.25, -0.2) is 8.78 Å². The van der Waals surface area contributed by atoms with Crippen molar-refractivity contribution in [3.63, 3.8) is 0 Å². The number of benzene rings is 1. The Kier molecular flexibility index (Phi) is 8.15. The number of hydrogen-bond acceptors (Lipinski definition) is 7. The number of fused-ring (bicyclic) bond motifs is 1. The number of imide groups is 1. The predicted octanol–water partition coefficient (Wildman–Crippen LogP) is 0.950. The van der Waals surface area contributed by atoms with Crippen molar-refractivity contribution in [2.75, 3.05) is 50.1 Å². The Morgan fingerprint density at radius 1 is 1.35 bits per heavy atom. The second-order valence-electron chi connectivity index (χ2n) is 8.52. The number of carbonyl (C=O) groups is 3. The summed E-state index contributed by atoms with van der Waals surface area (Å²) in [6.45, 7) is -0.292. The zero-order chi connectivity index (χ0) is 24.9. The minimum absolute atomic E-state index is 0.0497. The predicted molar refractivity (Wildman–Crippen MR) is 123 cm³/mol. The van der Waals surface area contributed by atoms with E-state index in [1.165, 1.54) is 4.90 Å². The van der Waals surface area contributed by atoms with Gasteiger partial charge in [-0.05, 0) is 31.5 Å². The monoisotopic (exact) mass is 480 g/mol. The van der Waals surface area contributed by atoms with Crippen molar-refractivity contribution in [3.05, 3.63) is 18.2 Å². The lowest BCUT2D eigenvalue weighted by molar-refractivity contribution is -0.129. The van der Waals surface area contributed by atoms with Crippen molar-refractivity contribution >= 4 is 40.6 Å². The molecule has 34 heavy (non-hydrogen) atoms. The van der Waals surface area contributed by atoms with Gasteiger partial charge in [-0.3, -0.25) is 29.3 Å². The number of carbonyl (C=O) groups excluding carboxylic acids is 3. The summed E-state index contributed by atoms with van der Waals surface area (Å²) in [4.78, 5) is 37.8. The Morgan fingerprint density at radius 2 is 2.12 bits per heavy atom. The molecule has 0 saturated carbocycles. The lowest BCUT2D eigenvalue weighted by atomic mass is 9.90. The van der Waals surface area contributed by atoms with Crippen LogP contribution < -0.4 is 15.5 Å². The maximum absolute atomic E-state index is 14.3. The van der Waals surface area contributed by atoms with Crippen LogP contribution in [0.4, 0.5) is 20.3 Å². The summed E-state index contributed by atoms with van der Waals surface area (Å²) >= 11 is 0. The Bertz CT molecular complexity index is 1040. The van der Waals surface area contributed by atoms with Crippen molar-refractivity contribution in [1.82, 2.24) is 20.0 Å². The van der Waals surface area contributed by atoms with Crippen LogP contribution in [0, 0.1) is 5.92 Å². The zero-order valence-corrected chi connectivity index (χ0v) is 19.3. The second-order valence-corrected chi connectivity index (χ2v) is 8.52. The van der Waals surface area contributed by atoms with E-state index in [9.17, 15) is 23.2 Å². The number of aliphatic hydroxyl groups is 1. The molecule has 1 atom stereocenters. The van der Waals surface area contributed by atoms with Crippen LogP contribution in [0.2, 0.25) is 0 Å². The van der Waals surface area contributed by atoms with Crippen molar-refractivity contribution in [1.29, 1.82) is 0 Å². The number of halogens is 2. The molecule has 1 unspecified atom stereocenters. The number of piperidine rings is 1. The average molecular weight is 481 g/mol. The standard InChI is InChI=1S/C22H30F2N6O4/c1-28(9-7-18(33)25-14-32)21-16-4-3-5-17(20(16)29(2)27-21)26-19(34)12-30-10-6-15(8-11-31)22(23,24)13-30/h3-5,14-15,31H,6-13H2,1-2H3,(H,26,34)(H,25,32,33). The quantitative estimate of drug-likeness (QED) is 0.433. The summed E-state index contributed by atoms with van der Waals surface area (Å²) in [7, 11) is 3.49. The number of nitrogens with zero attached hydrogens (tertiary/aromatic N) is 4. The number of anilines is 2. The molecule has 10 nitrogen and oxygen atoms in total. The third kappa shape index (κ3) is 5.86. The third-order valence-electron chi connectivity index (χ3n) is 6.05. The van der Waals surface area contributed by atoms with Gasteiger partial charge in [-0.2, -0.15) is 5.10 Å². The number of amides is 3. The van der Waals surface area contributed by atoms with Crippen LogP contribution in [0.1, 0.15) is 19.3 Å². The highest BCUT2D eigenvalue weighted by molar-refractivity contribution is 6.04. The minimum atomic E-state index is -2.95. The zero-order valence-electron chi connectivity index (χ0n) is 19.3. The lowest BCUT2D eigenvalue weighted by Gasteiger charge is -2.37. The molecule has 0 radical (unpaired) electrons. The van der Waals surface area contributed by atoms with E-state index >= 15 is 0 Å². The molecule has 1 aliphatic heterocycles. The molecule has 1 fully saturated rings. The Morgan fingerprint density at radius 3 is 2.79 bits per heavy atom. The molecule has 1 aromatic carbocycles. The van der Waals surface area contributed by atoms with E-state index in [2.05, 4.69) is 15.7 Å². The summed E-state index contributed by atoms with van der Waals surface area (Å²) in [6.07, 6.45) is 0.710. The molecule has 1 aromatic heterocycles. The van der Waals surface area contributed by atoms with Crippen LogP contribution in [0.3, 0.4) is 0 Å². The highest BCUT2D eigenvalue weighted by Gasteiger charge is 2.44. The number of alkyl halides is 2. The van der Waals surface area contributed by atoms with Gasteiger partial charge in [0, 0.05) is 45.0 Å². The molecular formula is C22H30F2N6O4. The van der Waals surface area contributed by atoms with Crippen LogP contribution in [-0.2, 0) is 21.4 Å². The fourth-order valence-electron chi connectivity index (χ4n) is 4.31. The first-order chi connectivity index (χ1) is 16.2. The number of likely N-dealkylation sites (tertiary alicyclic amines) is 1. The normalized spacial score (nSPS) is 18.0. The largest absolute Gasteiger partial charge is 0.396 e. The first-order valence-corrected chi connectivity index (χ1v) is 11.1. The van der Waals surface area contributed by atoms with Crippen LogP contribution in [0.5, 0.6) is 0 Å². The molecule has 3 rings (SSSR count). The van der Waals surface area contributed by atoms with Gasteiger partial charge in [0.15, 0.2) is 5.82 Å². The molecule has 1 saturated heterocycles.